The Morgan fingerprint density at radius 2 is 1.76 bits per heavy atom. The van der Waals surface area contributed by atoms with Crippen LogP contribution in [0.4, 0.5) is 23.2 Å². The van der Waals surface area contributed by atoms with Crippen molar-refractivity contribution in [3.63, 3.8) is 0 Å². The smallest absolute Gasteiger partial charge is 0.308 e. The van der Waals surface area contributed by atoms with Crippen molar-refractivity contribution in [2.24, 2.45) is 0 Å². The maximum atomic E-state index is 13.2. The number of anilines is 1. The van der Waals surface area contributed by atoms with Crippen LogP contribution in [0.2, 0.25) is 0 Å². The summed E-state index contributed by atoms with van der Waals surface area (Å²) in [6.07, 6.45) is -4.72. The molecule has 0 aliphatic carbocycles. The maximum absolute atomic E-state index is 13.2. The summed E-state index contributed by atoms with van der Waals surface area (Å²) in [6.45, 7) is 0. The molecule has 1 aromatic carbocycles. The van der Waals surface area contributed by atoms with Gasteiger partial charge in [0.2, 0.25) is 0 Å². The van der Waals surface area contributed by atoms with Crippen LogP contribution in [0.3, 0.4) is 0 Å². The van der Waals surface area contributed by atoms with Gasteiger partial charge in [-0.3, -0.25) is 10.9 Å². The third kappa shape index (κ3) is 3.95. The first-order valence-electron chi connectivity index (χ1n) is 4.78. The molecule has 0 unspecified atom stereocenters. The maximum Gasteiger partial charge on any atom is 0.471 e. The standard InChI is InChI=1S/C10H11F4N3/c1-15-8(10(12,13)14)9(11)17-16-7-5-3-2-4-6-7/h2-6,15-17H,1H3/p+1. The number of benzene rings is 1. The van der Waals surface area contributed by atoms with E-state index in [0.717, 1.165) is 7.05 Å². The number of quaternary nitrogens is 1. The van der Waals surface area contributed by atoms with Gasteiger partial charge >= 0.3 is 6.18 Å². The van der Waals surface area contributed by atoms with Crippen molar-refractivity contribution in [1.29, 1.82) is 0 Å². The predicted octanol–water partition coefficient (Wildman–Crippen LogP) is 1.50. The first-order chi connectivity index (χ1) is 7.95. The molecule has 3 nitrogen and oxygen atoms in total. The lowest BCUT2D eigenvalue weighted by Crippen LogP contribution is -2.81. The quantitative estimate of drug-likeness (QED) is 0.430. The second kappa shape index (κ2) is 5.53. The van der Waals surface area contributed by atoms with Crippen molar-refractivity contribution < 1.29 is 22.9 Å². The fraction of sp³-hybridized carbons (Fsp3) is 0.200. The minimum absolute atomic E-state index is 0.459. The Bertz CT molecular complexity index is 386. The Morgan fingerprint density at radius 1 is 1.18 bits per heavy atom. The number of hydrogen-bond acceptors (Lipinski definition) is 2. The van der Waals surface area contributed by atoms with Crippen molar-refractivity contribution in [1.82, 2.24) is 5.43 Å². The summed E-state index contributed by atoms with van der Waals surface area (Å²) in [5, 5.41) is 0.662. The molecule has 1 rings (SSSR count). The van der Waals surface area contributed by atoms with Crippen molar-refractivity contribution in [3.05, 3.63) is 42.0 Å². The van der Waals surface area contributed by atoms with Gasteiger partial charge in [-0.05, 0) is 12.1 Å². The summed E-state index contributed by atoms with van der Waals surface area (Å²) in [5.41, 5.74) is 3.31. The van der Waals surface area contributed by atoms with Gasteiger partial charge < -0.3 is 5.32 Å². The zero-order valence-corrected chi connectivity index (χ0v) is 8.98. The van der Waals surface area contributed by atoms with Gasteiger partial charge in [-0.25, -0.2) is 0 Å². The molecule has 0 heterocycles. The number of hydrogen-bond donors (Lipinski definition) is 3. The third-order valence-electron chi connectivity index (χ3n) is 1.92. The first kappa shape index (κ1) is 13.3. The first-order valence-corrected chi connectivity index (χ1v) is 4.78. The number of nitrogens with one attached hydrogen (secondary N) is 2. The number of nitrogens with two attached hydrogens (primary N) is 1. The summed E-state index contributed by atoms with van der Waals surface area (Å²) in [4.78, 5) is 0. The molecule has 0 aromatic heterocycles. The molecular weight excluding hydrogens is 238 g/mol. The molecule has 7 heteroatoms. The molecule has 94 valence electrons. The van der Waals surface area contributed by atoms with Gasteiger partial charge in [0.15, 0.2) is 0 Å². The Balaban J connectivity index is 2.71. The van der Waals surface area contributed by atoms with Crippen LogP contribution < -0.4 is 16.2 Å². The second-order valence-electron chi connectivity index (χ2n) is 3.13. The number of para-hydroxylation sites is 1. The van der Waals surface area contributed by atoms with Crippen molar-refractivity contribution in [2.45, 2.75) is 6.18 Å². The molecule has 0 atom stereocenters. The van der Waals surface area contributed by atoms with E-state index in [4.69, 9.17) is 0 Å². The van der Waals surface area contributed by atoms with Crippen molar-refractivity contribution in [3.8, 4) is 0 Å². The lowest BCUT2D eigenvalue weighted by Gasteiger charge is -2.11. The van der Waals surface area contributed by atoms with Crippen LogP contribution in [0, 0.1) is 0 Å². The molecule has 0 aliphatic heterocycles. The highest BCUT2D eigenvalue weighted by atomic mass is 19.4. The summed E-state index contributed by atoms with van der Waals surface area (Å²) in [6, 6.07) is 8.25. The van der Waals surface area contributed by atoms with Crippen LogP contribution >= 0.6 is 0 Å². The Hall–Kier alpha value is -1.76. The number of halogens is 4. The second-order valence-corrected chi connectivity index (χ2v) is 3.13. The molecule has 0 fully saturated rings. The van der Waals surface area contributed by atoms with Gasteiger partial charge in [-0.2, -0.15) is 17.6 Å². The van der Waals surface area contributed by atoms with E-state index in [9.17, 15) is 17.6 Å². The Labute approximate surface area is 95.5 Å². The van der Waals surface area contributed by atoms with Crippen LogP contribution in [-0.2, 0) is 0 Å². The van der Waals surface area contributed by atoms with E-state index in [1.165, 1.54) is 0 Å². The lowest BCUT2D eigenvalue weighted by atomic mass is 10.3. The molecule has 0 spiro atoms. The van der Waals surface area contributed by atoms with E-state index < -0.39 is 17.8 Å². The molecule has 0 saturated heterocycles. The minimum Gasteiger partial charge on any atom is -0.308 e. The Kier molecular flexibility index (Phi) is 4.33. The molecule has 0 aliphatic rings. The highest BCUT2D eigenvalue weighted by Gasteiger charge is 2.41. The van der Waals surface area contributed by atoms with Crippen LogP contribution in [0.1, 0.15) is 0 Å². The van der Waals surface area contributed by atoms with Crippen molar-refractivity contribution in [2.75, 3.05) is 12.5 Å². The number of allylic oxidation sites excluding steroid dienone is 1. The molecule has 0 saturated carbocycles. The summed E-state index contributed by atoms with van der Waals surface area (Å²) < 4.78 is 50.1. The summed E-state index contributed by atoms with van der Waals surface area (Å²) >= 11 is 0. The van der Waals surface area contributed by atoms with E-state index in [2.05, 4.69) is 5.43 Å². The number of rotatable bonds is 4. The van der Waals surface area contributed by atoms with Gasteiger partial charge in [0.25, 0.3) is 11.6 Å². The average molecular weight is 250 g/mol. The fourth-order valence-electron chi connectivity index (χ4n) is 1.13. The molecule has 0 radical (unpaired) electrons. The van der Waals surface area contributed by atoms with Gasteiger partial charge in [-0.1, -0.05) is 18.2 Å². The van der Waals surface area contributed by atoms with E-state index >= 15 is 0 Å². The van der Waals surface area contributed by atoms with E-state index in [0.29, 0.717) is 11.0 Å². The molecule has 0 bridgehead atoms. The monoisotopic (exact) mass is 250 g/mol. The minimum atomic E-state index is -4.72. The summed E-state index contributed by atoms with van der Waals surface area (Å²) in [5.74, 6) is -1.47. The zero-order valence-electron chi connectivity index (χ0n) is 8.98. The number of hydrazine groups is 1. The van der Waals surface area contributed by atoms with Crippen molar-refractivity contribution >= 4 is 5.69 Å². The molecule has 0 amide bonds. The van der Waals surface area contributed by atoms with Crippen LogP contribution in [-0.4, -0.2) is 13.2 Å². The zero-order chi connectivity index (χ0) is 12.9. The average Bonchev–Trinajstić information content (AvgIpc) is 2.27. The Morgan fingerprint density at radius 3 is 2.24 bits per heavy atom. The molecule has 17 heavy (non-hydrogen) atoms. The number of alkyl halides is 3. The van der Waals surface area contributed by atoms with Crippen LogP contribution in [0.25, 0.3) is 0 Å². The normalized spacial score (nSPS) is 13.0. The van der Waals surface area contributed by atoms with E-state index in [1.54, 1.807) is 30.3 Å². The van der Waals surface area contributed by atoms with E-state index in [1.807, 2.05) is 5.43 Å². The third-order valence-corrected chi connectivity index (χ3v) is 1.92. The molecule has 1 aromatic rings. The van der Waals surface area contributed by atoms with Crippen LogP contribution in [0.15, 0.2) is 42.0 Å². The largest absolute Gasteiger partial charge is 0.471 e. The van der Waals surface area contributed by atoms with Crippen LogP contribution in [0.5, 0.6) is 0 Å². The SMILES string of the molecule is C[NH2+]C(=C(F)NNc1ccccc1)C(F)(F)F. The molecule has 4 N–H and O–H groups in total. The molecular formula is C10H12F4N3+. The fourth-order valence-corrected chi connectivity index (χ4v) is 1.13. The van der Waals surface area contributed by atoms with Gasteiger partial charge in [0.05, 0.1) is 12.7 Å². The predicted molar refractivity (Wildman–Crippen MR) is 55.2 cm³/mol. The van der Waals surface area contributed by atoms with Gasteiger partial charge in [0.1, 0.15) is 0 Å². The highest BCUT2D eigenvalue weighted by Crippen LogP contribution is 2.22. The lowest BCUT2D eigenvalue weighted by molar-refractivity contribution is -0.599. The van der Waals surface area contributed by atoms with Gasteiger partial charge in [0, 0.05) is 0 Å². The van der Waals surface area contributed by atoms with E-state index in [-0.39, 0.29) is 0 Å². The van der Waals surface area contributed by atoms with Gasteiger partial charge in [-0.15, -0.1) is 0 Å². The topological polar surface area (TPSA) is 40.7 Å². The summed E-state index contributed by atoms with van der Waals surface area (Å²) in [7, 11) is 1.12. The highest BCUT2D eigenvalue weighted by molar-refractivity contribution is 5.41.